The second-order valence-corrected chi connectivity index (χ2v) is 13.4. The largest absolute Gasteiger partial charge is 0.426 e. The van der Waals surface area contributed by atoms with Gasteiger partial charge in [0, 0.05) is 18.6 Å². The van der Waals surface area contributed by atoms with E-state index >= 15 is 0 Å². The third-order valence-electron chi connectivity index (χ3n) is 5.19. The number of rotatable bonds is 6. The molecular weight excluding hydrogens is 402 g/mol. The van der Waals surface area contributed by atoms with Crippen LogP contribution in [0.15, 0.2) is 47.7 Å². The standard InChI is InChI=1S/C22H27NO6Si/c1-14(24)29-20-10-8-7-9-16(20)21(27)23-17-12-18(25)15(11-19(17)26)13-28-30(5,6)22(2,3)4/h7-12H,13H2,1-6H3,(H,23,27). The zero-order valence-electron chi connectivity index (χ0n) is 18.1. The van der Waals surface area contributed by atoms with Crippen LogP contribution in [-0.4, -0.2) is 38.4 Å². The predicted octanol–water partition coefficient (Wildman–Crippen LogP) is 3.33. The molecule has 0 spiro atoms. The zero-order chi connectivity index (χ0) is 22.7. The number of carbonyl (C=O) groups excluding carboxylic acids is 4. The molecule has 0 bridgehead atoms. The lowest BCUT2D eigenvalue weighted by Crippen LogP contribution is -2.41. The van der Waals surface area contributed by atoms with Gasteiger partial charge in [-0.15, -0.1) is 0 Å². The number of amides is 1. The van der Waals surface area contributed by atoms with Crippen LogP contribution < -0.4 is 10.1 Å². The van der Waals surface area contributed by atoms with Crippen LogP contribution in [-0.2, 0) is 18.8 Å². The van der Waals surface area contributed by atoms with E-state index < -0.39 is 31.8 Å². The molecule has 2 rings (SSSR count). The topological polar surface area (TPSA) is 98.8 Å². The molecule has 0 heterocycles. The summed E-state index contributed by atoms with van der Waals surface area (Å²) < 4.78 is 11.0. The zero-order valence-corrected chi connectivity index (χ0v) is 19.1. The minimum atomic E-state index is -2.08. The SMILES string of the molecule is CC(=O)Oc1ccccc1C(=O)NC1=CC(=O)C(CO[Si](C)(C)C(C)(C)C)=CC1=O. The van der Waals surface area contributed by atoms with E-state index in [0.717, 1.165) is 6.08 Å². The molecule has 0 fully saturated rings. The summed E-state index contributed by atoms with van der Waals surface area (Å²) in [6, 6.07) is 6.13. The van der Waals surface area contributed by atoms with Crippen molar-refractivity contribution in [1.29, 1.82) is 0 Å². The van der Waals surface area contributed by atoms with E-state index in [-0.39, 0.29) is 34.2 Å². The Kier molecular flexibility index (Phi) is 6.94. The Morgan fingerprint density at radius 2 is 1.67 bits per heavy atom. The summed E-state index contributed by atoms with van der Waals surface area (Å²) in [6.45, 7) is 11.6. The summed E-state index contributed by atoms with van der Waals surface area (Å²) in [5.74, 6) is -2.06. The number of esters is 1. The van der Waals surface area contributed by atoms with Crippen LogP contribution in [0.25, 0.3) is 0 Å². The van der Waals surface area contributed by atoms with Gasteiger partial charge < -0.3 is 14.5 Å². The highest BCUT2D eigenvalue weighted by atomic mass is 28.4. The number of nitrogens with one attached hydrogen (secondary N) is 1. The van der Waals surface area contributed by atoms with Gasteiger partial charge in [0.05, 0.1) is 17.9 Å². The molecule has 0 saturated carbocycles. The third-order valence-corrected chi connectivity index (χ3v) is 9.67. The maximum absolute atomic E-state index is 12.6. The van der Waals surface area contributed by atoms with Crippen molar-refractivity contribution in [2.75, 3.05) is 6.61 Å². The van der Waals surface area contributed by atoms with Crippen LogP contribution in [0.5, 0.6) is 5.75 Å². The van der Waals surface area contributed by atoms with E-state index in [0.29, 0.717) is 0 Å². The summed E-state index contributed by atoms with van der Waals surface area (Å²) in [5.41, 5.74) is 0.187. The Hall–Kier alpha value is -2.84. The normalized spacial score (nSPS) is 14.7. The van der Waals surface area contributed by atoms with E-state index in [1.165, 1.54) is 25.1 Å². The van der Waals surface area contributed by atoms with Gasteiger partial charge in [0.1, 0.15) is 5.75 Å². The average Bonchev–Trinajstić information content (AvgIpc) is 2.62. The maximum Gasteiger partial charge on any atom is 0.308 e. The van der Waals surface area contributed by atoms with Crippen molar-refractivity contribution in [3.05, 3.63) is 53.3 Å². The minimum Gasteiger partial charge on any atom is -0.426 e. The Morgan fingerprint density at radius 3 is 2.27 bits per heavy atom. The summed E-state index contributed by atoms with van der Waals surface area (Å²) in [7, 11) is -2.08. The van der Waals surface area contributed by atoms with Gasteiger partial charge in [0.2, 0.25) is 5.78 Å². The number of carbonyl (C=O) groups is 4. The molecule has 7 nitrogen and oxygen atoms in total. The number of allylic oxidation sites excluding steroid dienone is 2. The van der Waals surface area contributed by atoms with Gasteiger partial charge in [0.25, 0.3) is 5.91 Å². The van der Waals surface area contributed by atoms with Crippen molar-refractivity contribution < 1.29 is 28.3 Å². The maximum atomic E-state index is 12.6. The molecule has 1 amide bonds. The fraction of sp³-hybridized carbons (Fsp3) is 0.364. The molecule has 1 aliphatic rings. The van der Waals surface area contributed by atoms with Crippen LogP contribution in [0.1, 0.15) is 38.1 Å². The quantitative estimate of drug-likeness (QED) is 0.322. The van der Waals surface area contributed by atoms with Gasteiger partial charge in [-0.1, -0.05) is 32.9 Å². The van der Waals surface area contributed by atoms with Crippen molar-refractivity contribution >= 4 is 31.8 Å². The highest BCUT2D eigenvalue weighted by Crippen LogP contribution is 2.36. The monoisotopic (exact) mass is 429 g/mol. The lowest BCUT2D eigenvalue weighted by molar-refractivity contribution is -0.131. The van der Waals surface area contributed by atoms with E-state index in [4.69, 9.17) is 9.16 Å². The molecule has 0 aromatic heterocycles. The van der Waals surface area contributed by atoms with Crippen molar-refractivity contribution in [2.24, 2.45) is 0 Å². The smallest absolute Gasteiger partial charge is 0.308 e. The van der Waals surface area contributed by atoms with Gasteiger partial charge in [0.15, 0.2) is 14.1 Å². The summed E-state index contributed by atoms with van der Waals surface area (Å²) >= 11 is 0. The van der Waals surface area contributed by atoms with Crippen molar-refractivity contribution in [1.82, 2.24) is 5.32 Å². The van der Waals surface area contributed by atoms with Gasteiger partial charge in [-0.2, -0.15) is 0 Å². The van der Waals surface area contributed by atoms with Gasteiger partial charge in [-0.25, -0.2) is 0 Å². The highest BCUT2D eigenvalue weighted by molar-refractivity contribution is 6.74. The third kappa shape index (κ3) is 5.61. The molecule has 0 saturated heterocycles. The molecule has 0 radical (unpaired) electrons. The number of hydrogen-bond acceptors (Lipinski definition) is 6. The fourth-order valence-electron chi connectivity index (χ4n) is 2.37. The molecule has 0 aliphatic heterocycles. The van der Waals surface area contributed by atoms with Gasteiger partial charge in [-0.3, -0.25) is 19.2 Å². The van der Waals surface area contributed by atoms with E-state index in [1.807, 2.05) is 0 Å². The van der Waals surface area contributed by atoms with Crippen molar-refractivity contribution in [3.63, 3.8) is 0 Å². The first-order chi connectivity index (χ1) is 13.8. The average molecular weight is 430 g/mol. The molecule has 1 aromatic rings. The summed E-state index contributed by atoms with van der Waals surface area (Å²) in [5, 5.41) is 2.40. The molecular formula is C22H27NO6Si. The Labute approximate surface area is 177 Å². The first-order valence-corrected chi connectivity index (χ1v) is 12.5. The molecule has 1 aliphatic carbocycles. The van der Waals surface area contributed by atoms with E-state index in [2.05, 4.69) is 39.2 Å². The number of ketones is 2. The molecule has 1 N–H and O–H groups in total. The second kappa shape index (κ2) is 8.89. The van der Waals surface area contributed by atoms with Gasteiger partial charge in [-0.05, 0) is 36.3 Å². The van der Waals surface area contributed by atoms with Crippen molar-refractivity contribution in [2.45, 2.75) is 45.8 Å². The van der Waals surface area contributed by atoms with Crippen LogP contribution in [0, 0.1) is 0 Å². The molecule has 0 unspecified atom stereocenters. The molecule has 0 atom stereocenters. The molecule has 160 valence electrons. The van der Waals surface area contributed by atoms with Crippen molar-refractivity contribution in [3.8, 4) is 5.75 Å². The number of para-hydroxylation sites is 1. The van der Waals surface area contributed by atoms with Crippen LogP contribution in [0.4, 0.5) is 0 Å². The number of ether oxygens (including phenoxy) is 1. The Bertz CT molecular complexity index is 953. The Balaban J connectivity index is 2.12. The predicted molar refractivity (Wildman–Crippen MR) is 115 cm³/mol. The van der Waals surface area contributed by atoms with Gasteiger partial charge >= 0.3 is 5.97 Å². The second-order valence-electron chi connectivity index (χ2n) is 8.55. The Morgan fingerprint density at radius 1 is 1.03 bits per heavy atom. The lowest BCUT2D eigenvalue weighted by Gasteiger charge is -2.36. The summed E-state index contributed by atoms with van der Waals surface area (Å²) in [4.78, 5) is 48.7. The van der Waals surface area contributed by atoms with E-state index in [1.54, 1.807) is 12.1 Å². The minimum absolute atomic E-state index is 0.0282. The first kappa shape index (κ1) is 23.4. The molecule has 8 heteroatoms. The summed E-state index contributed by atoms with van der Waals surface area (Å²) in [6.07, 6.45) is 2.29. The number of hydrogen-bond donors (Lipinski definition) is 1. The molecule has 30 heavy (non-hydrogen) atoms. The first-order valence-electron chi connectivity index (χ1n) is 9.55. The van der Waals surface area contributed by atoms with Crippen LogP contribution >= 0.6 is 0 Å². The number of benzene rings is 1. The van der Waals surface area contributed by atoms with Crippen LogP contribution in [0.3, 0.4) is 0 Å². The molecule has 1 aromatic carbocycles. The van der Waals surface area contributed by atoms with E-state index in [9.17, 15) is 19.2 Å². The highest BCUT2D eigenvalue weighted by Gasteiger charge is 2.37. The van der Waals surface area contributed by atoms with Crippen LogP contribution in [0.2, 0.25) is 18.1 Å². The lowest BCUT2D eigenvalue weighted by atomic mass is 10.0. The fourth-order valence-corrected chi connectivity index (χ4v) is 3.32.